The Morgan fingerprint density at radius 2 is 0.919 bits per heavy atom. The highest BCUT2D eigenvalue weighted by atomic mass is 32.2. The first-order chi connectivity index (χ1) is 30.0. The molecular formula is C49H90O12S. The predicted molar refractivity (Wildman–Crippen MR) is 247 cm³/mol. The lowest BCUT2D eigenvalue weighted by Crippen LogP contribution is -2.60. The minimum absolute atomic E-state index is 0.161. The van der Waals surface area contributed by atoms with Gasteiger partial charge in [-0.25, -0.2) is 0 Å². The number of unbranched alkanes of at least 4 members (excludes halogenated alkanes) is 26. The zero-order valence-electron chi connectivity index (χ0n) is 39.0. The van der Waals surface area contributed by atoms with Crippen molar-refractivity contribution in [2.45, 2.75) is 256 Å². The van der Waals surface area contributed by atoms with Gasteiger partial charge in [-0.05, 0) is 64.2 Å². The molecule has 0 amide bonds. The van der Waals surface area contributed by atoms with Gasteiger partial charge in [-0.15, -0.1) is 0 Å². The molecular weight excluding hydrogens is 813 g/mol. The first-order valence-corrected chi connectivity index (χ1v) is 26.5. The number of hydrogen-bond donors (Lipinski definition) is 4. The summed E-state index contributed by atoms with van der Waals surface area (Å²) in [5.41, 5.74) is 0. The van der Waals surface area contributed by atoms with Crippen molar-refractivity contribution in [3.63, 3.8) is 0 Å². The Morgan fingerprint density at radius 3 is 1.35 bits per heavy atom. The van der Waals surface area contributed by atoms with Crippen LogP contribution in [0.2, 0.25) is 0 Å². The standard InChI is InChI=1S/C49H90O12S/c1-3-5-7-9-11-13-15-17-19-21-23-25-27-29-31-33-35-37-44(50)58-39-42(40-59-49-48(54)47(53)46(52)43(61-49)41-62(55,56)57)60-45(51)38-36-34-32-30-28-26-24-22-20-18-16-14-12-10-8-6-4-2/h13,15,18,20,42-43,46-49,52-54H,3-12,14,16-17,19,21-41H2,1-2H3,(H,55,56,57)/b15-13+,20-18+/t42-,43-,46-,47?,48?,49+/m1/s1. The average molecular weight is 903 g/mol. The molecule has 0 spiro atoms. The summed E-state index contributed by atoms with van der Waals surface area (Å²) in [6, 6.07) is 0. The van der Waals surface area contributed by atoms with E-state index in [1.807, 2.05) is 0 Å². The quantitative estimate of drug-likeness (QED) is 0.0197. The lowest BCUT2D eigenvalue weighted by Gasteiger charge is -2.40. The maximum Gasteiger partial charge on any atom is 0.306 e. The Labute approximate surface area is 377 Å². The van der Waals surface area contributed by atoms with Crippen molar-refractivity contribution in [1.82, 2.24) is 0 Å². The summed E-state index contributed by atoms with van der Waals surface area (Å²) in [6.45, 7) is 3.76. The molecule has 13 heteroatoms. The Hall–Kier alpha value is -1.87. The Kier molecular flexibility index (Phi) is 37.0. The third-order valence-electron chi connectivity index (χ3n) is 11.5. The first kappa shape index (κ1) is 58.1. The van der Waals surface area contributed by atoms with Crippen molar-refractivity contribution in [3.05, 3.63) is 24.3 Å². The van der Waals surface area contributed by atoms with Crippen molar-refractivity contribution in [3.8, 4) is 0 Å². The summed E-state index contributed by atoms with van der Waals surface area (Å²) >= 11 is 0. The lowest BCUT2D eigenvalue weighted by molar-refractivity contribution is -0.297. The van der Waals surface area contributed by atoms with E-state index >= 15 is 0 Å². The summed E-state index contributed by atoms with van der Waals surface area (Å²) in [4.78, 5) is 25.5. The van der Waals surface area contributed by atoms with Crippen LogP contribution >= 0.6 is 0 Å². The fourth-order valence-electron chi connectivity index (χ4n) is 7.61. The topological polar surface area (TPSA) is 186 Å². The fourth-order valence-corrected chi connectivity index (χ4v) is 8.30. The number of esters is 2. The smallest absolute Gasteiger partial charge is 0.306 e. The second-order valence-corrected chi connectivity index (χ2v) is 19.0. The molecule has 1 aliphatic rings. The molecule has 0 bridgehead atoms. The number of allylic oxidation sites excluding steroid dienone is 4. The summed E-state index contributed by atoms with van der Waals surface area (Å²) in [6.07, 6.45) is 35.0. The fraction of sp³-hybridized carbons (Fsp3) is 0.878. The van der Waals surface area contributed by atoms with Gasteiger partial charge < -0.3 is 34.3 Å². The van der Waals surface area contributed by atoms with Gasteiger partial charge in [0.1, 0.15) is 36.8 Å². The summed E-state index contributed by atoms with van der Waals surface area (Å²) in [5.74, 6) is -1.98. The van der Waals surface area contributed by atoms with Gasteiger partial charge in [0.2, 0.25) is 0 Å². The van der Waals surface area contributed by atoms with E-state index < -0.39 is 71.2 Å². The molecule has 0 aromatic heterocycles. The first-order valence-electron chi connectivity index (χ1n) is 24.9. The molecule has 364 valence electrons. The second kappa shape index (κ2) is 39.5. The van der Waals surface area contributed by atoms with E-state index in [0.717, 1.165) is 51.4 Å². The minimum atomic E-state index is -4.60. The molecule has 1 aliphatic heterocycles. The molecule has 62 heavy (non-hydrogen) atoms. The number of hydrogen-bond acceptors (Lipinski definition) is 11. The average Bonchev–Trinajstić information content (AvgIpc) is 3.24. The molecule has 1 fully saturated rings. The molecule has 0 radical (unpaired) electrons. The number of rotatable bonds is 42. The van der Waals surface area contributed by atoms with E-state index in [9.17, 15) is 37.9 Å². The Bertz CT molecular complexity index is 1240. The SMILES string of the molecule is CCCCCC/C=C/CCCCCCCCCCCC(=O)OC[C@H](CO[C@H]1O[C@H](CS(=O)(=O)O)[C@@H](O)C(O)C1O)OC(=O)CCCCCCCCC/C=C/CCCCCCCC. The molecule has 0 aromatic carbocycles. The highest BCUT2D eigenvalue weighted by Crippen LogP contribution is 2.24. The molecule has 1 heterocycles. The molecule has 0 saturated carbocycles. The lowest BCUT2D eigenvalue weighted by atomic mass is 10.00. The Balaban J connectivity index is 2.40. The van der Waals surface area contributed by atoms with E-state index in [0.29, 0.717) is 12.8 Å². The van der Waals surface area contributed by atoms with Crippen LogP contribution in [-0.2, 0) is 38.7 Å². The summed E-state index contributed by atoms with van der Waals surface area (Å²) in [5, 5.41) is 30.9. The number of carbonyl (C=O) groups is 2. The molecule has 6 atom stereocenters. The maximum absolute atomic E-state index is 12.8. The monoisotopic (exact) mass is 903 g/mol. The molecule has 1 saturated heterocycles. The molecule has 0 aromatic rings. The van der Waals surface area contributed by atoms with Crippen LogP contribution in [0.25, 0.3) is 0 Å². The number of ether oxygens (including phenoxy) is 4. The van der Waals surface area contributed by atoms with E-state index in [1.54, 1.807) is 0 Å². The molecule has 0 aliphatic carbocycles. The maximum atomic E-state index is 12.8. The molecule has 12 nitrogen and oxygen atoms in total. The van der Waals surface area contributed by atoms with Crippen LogP contribution in [0.15, 0.2) is 24.3 Å². The highest BCUT2D eigenvalue weighted by molar-refractivity contribution is 7.85. The van der Waals surface area contributed by atoms with Crippen molar-refractivity contribution < 1.29 is 56.8 Å². The number of aliphatic hydroxyl groups is 3. The van der Waals surface area contributed by atoms with Crippen LogP contribution in [0.5, 0.6) is 0 Å². The summed E-state index contributed by atoms with van der Waals surface area (Å²) < 4.78 is 54.2. The van der Waals surface area contributed by atoms with Gasteiger partial charge in [-0.3, -0.25) is 14.1 Å². The third kappa shape index (κ3) is 33.6. The van der Waals surface area contributed by atoms with Crippen molar-refractivity contribution in [1.29, 1.82) is 0 Å². The van der Waals surface area contributed by atoms with Gasteiger partial charge in [0, 0.05) is 12.8 Å². The van der Waals surface area contributed by atoms with Crippen LogP contribution in [0, 0.1) is 0 Å². The molecule has 1 rings (SSSR count). The zero-order chi connectivity index (χ0) is 45.5. The van der Waals surface area contributed by atoms with E-state index in [2.05, 4.69) is 38.2 Å². The third-order valence-corrected chi connectivity index (χ3v) is 12.3. The van der Waals surface area contributed by atoms with E-state index in [4.69, 9.17) is 18.9 Å². The van der Waals surface area contributed by atoms with Crippen LogP contribution in [0.1, 0.15) is 219 Å². The predicted octanol–water partition coefficient (Wildman–Crippen LogP) is 10.8. The van der Waals surface area contributed by atoms with E-state index in [-0.39, 0.29) is 19.4 Å². The van der Waals surface area contributed by atoms with Crippen molar-refractivity contribution >= 4 is 22.1 Å². The largest absolute Gasteiger partial charge is 0.462 e. The van der Waals surface area contributed by atoms with Gasteiger partial charge in [0.05, 0.1) is 6.61 Å². The zero-order valence-corrected chi connectivity index (χ0v) is 39.8. The van der Waals surface area contributed by atoms with Gasteiger partial charge in [-0.1, -0.05) is 167 Å². The van der Waals surface area contributed by atoms with Gasteiger partial charge >= 0.3 is 11.9 Å². The van der Waals surface area contributed by atoms with Crippen LogP contribution in [-0.4, -0.2) is 96.0 Å². The van der Waals surface area contributed by atoms with Crippen molar-refractivity contribution in [2.75, 3.05) is 19.0 Å². The van der Waals surface area contributed by atoms with Crippen molar-refractivity contribution in [2.24, 2.45) is 0 Å². The van der Waals surface area contributed by atoms with Gasteiger partial charge in [0.25, 0.3) is 10.1 Å². The number of carbonyl (C=O) groups excluding carboxylic acids is 2. The normalized spacial score (nSPS) is 20.0. The summed E-state index contributed by atoms with van der Waals surface area (Å²) in [7, 11) is -4.60. The number of aliphatic hydroxyl groups excluding tert-OH is 3. The minimum Gasteiger partial charge on any atom is -0.462 e. The highest BCUT2D eigenvalue weighted by Gasteiger charge is 2.46. The van der Waals surface area contributed by atoms with Crippen LogP contribution < -0.4 is 0 Å². The Morgan fingerprint density at radius 1 is 0.532 bits per heavy atom. The van der Waals surface area contributed by atoms with Crippen LogP contribution in [0.3, 0.4) is 0 Å². The van der Waals surface area contributed by atoms with Crippen LogP contribution in [0.4, 0.5) is 0 Å². The van der Waals surface area contributed by atoms with E-state index in [1.165, 1.54) is 128 Å². The second-order valence-electron chi connectivity index (χ2n) is 17.5. The molecule has 4 N–H and O–H groups in total. The van der Waals surface area contributed by atoms with Gasteiger partial charge in [-0.2, -0.15) is 8.42 Å². The van der Waals surface area contributed by atoms with Gasteiger partial charge in [0.15, 0.2) is 12.4 Å². The molecule has 2 unspecified atom stereocenters.